The summed E-state index contributed by atoms with van der Waals surface area (Å²) in [5, 5.41) is 9.05. The number of hydrogen-bond acceptors (Lipinski definition) is 6. The molecule has 6 nitrogen and oxygen atoms in total. The first kappa shape index (κ1) is 26.7. The Labute approximate surface area is 236 Å². The zero-order chi connectivity index (χ0) is 26.9. The molecule has 3 aromatic rings. The van der Waals surface area contributed by atoms with Gasteiger partial charge in [-0.05, 0) is 61.4 Å². The molecule has 2 aromatic carbocycles. The molecule has 1 saturated carbocycles. The summed E-state index contributed by atoms with van der Waals surface area (Å²) in [5.41, 5.74) is 3.95. The van der Waals surface area contributed by atoms with E-state index in [2.05, 4.69) is 59.8 Å². The molecule has 2 unspecified atom stereocenters. The van der Waals surface area contributed by atoms with Gasteiger partial charge in [0.25, 0.3) is 0 Å². The van der Waals surface area contributed by atoms with E-state index >= 15 is 0 Å². The number of ether oxygens (including phenoxy) is 1. The first-order valence-corrected chi connectivity index (χ1v) is 14.7. The second-order valence-corrected chi connectivity index (χ2v) is 11.9. The van der Waals surface area contributed by atoms with Crippen molar-refractivity contribution in [1.29, 1.82) is 0 Å². The van der Waals surface area contributed by atoms with E-state index < -0.39 is 11.4 Å². The van der Waals surface area contributed by atoms with E-state index in [1.807, 2.05) is 36.5 Å². The highest BCUT2D eigenvalue weighted by atomic mass is 35.5. The lowest BCUT2D eigenvalue weighted by molar-refractivity contribution is -0.535. The first-order valence-electron chi connectivity index (χ1n) is 14.3. The third-order valence-electron chi connectivity index (χ3n) is 8.62. The van der Waals surface area contributed by atoms with Crippen LogP contribution in [0.4, 0.5) is 5.69 Å². The molecule has 0 bridgehead atoms. The van der Waals surface area contributed by atoms with Crippen LogP contribution in [-0.4, -0.2) is 36.0 Å². The highest BCUT2D eigenvalue weighted by Crippen LogP contribution is 2.50. The van der Waals surface area contributed by atoms with Gasteiger partial charge in [0.15, 0.2) is 5.60 Å². The highest BCUT2D eigenvalue weighted by Gasteiger charge is 2.55. The maximum atomic E-state index is 6.86. The van der Waals surface area contributed by atoms with E-state index in [9.17, 15) is 0 Å². The van der Waals surface area contributed by atoms with Gasteiger partial charge in [0, 0.05) is 54.3 Å². The van der Waals surface area contributed by atoms with Crippen LogP contribution in [0, 0.1) is 5.92 Å². The maximum Gasteiger partial charge on any atom is 0.202 e. The minimum absolute atomic E-state index is 0.154. The van der Waals surface area contributed by atoms with E-state index in [1.54, 1.807) is 0 Å². The molecule has 1 saturated heterocycles. The Balaban J connectivity index is 1.05. The molecule has 7 heteroatoms. The molecule has 3 aliphatic rings. The van der Waals surface area contributed by atoms with Gasteiger partial charge in [0.2, 0.25) is 5.79 Å². The van der Waals surface area contributed by atoms with Crippen LogP contribution in [-0.2, 0) is 20.1 Å². The van der Waals surface area contributed by atoms with Gasteiger partial charge in [-0.1, -0.05) is 67.4 Å². The molecule has 206 valence electrons. The van der Waals surface area contributed by atoms with E-state index in [1.165, 1.54) is 5.57 Å². The number of fused-ring (bicyclic) bond motifs is 2. The second kappa shape index (κ2) is 11.2. The Kier molecular flexibility index (Phi) is 7.66. The number of anilines is 1. The molecule has 0 radical (unpaired) electrons. The predicted molar refractivity (Wildman–Crippen MR) is 156 cm³/mol. The van der Waals surface area contributed by atoms with Crippen LogP contribution in [0.25, 0.3) is 10.9 Å². The lowest BCUT2D eigenvalue weighted by atomic mass is 9.75. The number of halogens is 1. The average molecular weight is 548 g/mol. The summed E-state index contributed by atoms with van der Waals surface area (Å²) in [5.74, 6) is -0.190. The van der Waals surface area contributed by atoms with Crippen LogP contribution >= 0.6 is 11.6 Å². The van der Waals surface area contributed by atoms with Crippen LogP contribution in [0.5, 0.6) is 0 Å². The van der Waals surface area contributed by atoms with Gasteiger partial charge in [-0.2, -0.15) is 0 Å². The van der Waals surface area contributed by atoms with Crippen LogP contribution in [0.1, 0.15) is 57.9 Å². The molecule has 2 aliphatic carbocycles. The molecule has 39 heavy (non-hydrogen) atoms. The van der Waals surface area contributed by atoms with Gasteiger partial charge in [-0.15, -0.1) is 0 Å². The Morgan fingerprint density at radius 2 is 1.82 bits per heavy atom. The van der Waals surface area contributed by atoms with E-state index in [-0.39, 0.29) is 6.10 Å². The number of aromatic nitrogens is 1. The SMILES string of the molecule is CC(C)C1=CC2OC3(CCC(NCCNc4ccnc5cc(Cl)ccc45)CC3)OOC2(c2ccccc2)CC1. The van der Waals surface area contributed by atoms with Crippen LogP contribution in [0.3, 0.4) is 0 Å². The van der Waals surface area contributed by atoms with Crippen molar-refractivity contribution >= 4 is 28.2 Å². The molecule has 2 atom stereocenters. The Bertz CT molecular complexity index is 1320. The average Bonchev–Trinajstić information content (AvgIpc) is 2.96. The summed E-state index contributed by atoms with van der Waals surface area (Å²) < 4.78 is 6.86. The largest absolute Gasteiger partial charge is 0.383 e. The molecule has 1 spiro atoms. The molecular weight excluding hydrogens is 510 g/mol. The number of hydrogen-bond donors (Lipinski definition) is 2. The minimum Gasteiger partial charge on any atom is -0.383 e. The van der Waals surface area contributed by atoms with Crippen LogP contribution in [0.2, 0.25) is 5.02 Å². The second-order valence-electron chi connectivity index (χ2n) is 11.4. The lowest BCUT2D eigenvalue weighted by Gasteiger charge is -2.52. The number of nitrogens with zero attached hydrogens (tertiary/aromatic N) is 1. The molecular formula is C32H38ClN3O3. The van der Waals surface area contributed by atoms with Crippen molar-refractivity contribution in [2.24, 2.45) is 5.92 Å². The van der Waals surface area contributed by atoms with Crippen molar-refractivity contribution in [2.45, 2.75) is 75.9 Å². The van der Waals surface area contributed by atoms with Gasteiger partial charge >= 0.3 is 0 Å². The van der Waals surface area contributed by atoms with E-state index in [4.69, 9.17) is 26.1 Å². The van der Waals surface area contributed by atoms with Crippen LogP contribution in [0.15, 0.2) is 72.4 Å². The summed E-state index contributed by atoms with van der Waals surface area (Å²) in [6, 6.07) is 18.7. The fraction of sp³-hybridized carbons (Fsp3) is 0.469. The molecule has 1 aliphatic heterocycles. The van der Waals surface area contributed by atoms with Crippen LogP contribution < -0.4 is 10.6 Å². The summed E-state index contributed by atoms with van der Waals surface area (Å²) in [6.07, 6.45) is 9.40. The summed E-state index contributed by atoms with van der Waals surface area (Å²) in [7, 11) is 0. The summed E-state index contributed by atoms with van der Waals surface area (Å²) in [4.78, 5) is 17.0. The number of allylic oxidation sites excluding steroid dienone is 1. The maximum absolute atomic E-state index is 6.86. The van der Waals surface area contributed by atoms with Gasteiger partial charge in [0.1, 0.15) is 6.10 Å². The lowest BCUT2D eigenvalue weighted by Crippen LogP contribution is -2.58. The third-order valence-corrected chi connectivity index (χ3v) is 8.86. The number of pyridine rings is 1. The Hall–Kier alpha value is -2.48. The smallest absolute Gasteiger partial charge is 0.202 e. The third kappa shape index (κ3) is 5.46. The molecule has 0 amide bonds. The van der Waals surface area contributed by atoms with Crippen molar-refractivity contribution in [1.82, 2.24) is 10.3 Å². The fourth-order valence-electron chi connectivity index (χ4n) is 6.27. The van der Waals surface area contributed by atoms with E-state index in [0.717, 1.165) is 73.8 Å². The van der Waals surface area contributed by atoms with Crippen molar-refractivity contribution in [3.8, 4) is 0 Å². The van der Waals surface area contributed by atoms with Gasteiger partial charge < -0.3 is 15.4 Å². The van der Waals surface area contributed by atoms with Gasteiger partial charge in [-0.3, -0.25) is 4.98 Å². The number of nitrogens with one attached hydrogen (secondary N) is 2. The van der Waals surface area contributed by atoms with Gasteiger partial charge in [0.05, 0.1) is 5.52 Å². The predicted octanol–water partition coefficient (Wildman–Crippen LogP) is 7.15. The zero-order valence-corrected chi connectivity index (χ0v) is 23.5. The normalized spacial score (nSPS) is 28.9. The molecule has 2 N–H and O–H groups in total. The van der Waals surface area contributed by atoms with Crippen molar-refractivity contribution in [3.63, 3.8) is 0 Å². The molecule has 6 rings (SSSR count). The Morgan fingerprint density at radius 3 is 2.62 bits per heavy atom. The quantitative estimate of drug-likeness (QED) is 0.186. The number of rotatable bonds is 7. The molecule has 1 aromatic heterocycles. The Morgan fingerprint density at radius 1 is 1.00 bits per heavy atom. The van der Waals surface area contributed by atoms with Crippen molar-refractivity contribution in [2.75, 3.05) is 18.4 Å². The van der Waals surface area contributed by atoms with Gasteiger partial charge in [-0.25, -0.2) is 9.78 Å². The summed E-state index contributed by atoms with van der Waals surface area (Å²) in [6.45, 7) is 6.21. The molecule has 2 heterocycles. The van der Waals surface area contributed by atoms with Crippen molar-refractivity contribution < 1.29 is 14.5 Å². The fourth-order valence-corrected chi connectivity index (χ4v) is 6.44. The monoisotopic (exact) mass is 547 g/mol. The molecule has 2 fully saturated rings. The number of benzene rings is 2. The zero-order valence-electron chi connectivity index (χ0n) is 22.8. The van der Waals surface area contributed by atoms with E-state index in [0.29, 0.717) is 17.0 Å². The van der Waals surface area contributed by atoms with Crippen molar-refractivity contribution in [3.05, 3.63) is 83.0 Å². The highest BCUT2D eigenvalue weighted by molar-refractivity contribution is 6.31. The standard InChI is InChI=1S/C32H38ClN3O3/c1-22(2)23-10-16-32(24-6-4-3-5-7-24)30(20-23)37-31(38-39-32)14-11-26(12-15-31)34-18-19-36-28-13-17-35-29-21-25(33)8-9-27(28)29/h3-9,13,17,20-22,26,30,34H,10-12,14-16,18-19H2,1-2H3,(H,35,36). The first-order chi connectivity index (χ1) is 19.0. The minimum atomic E-state index is -0.688. The summed E-state index contributed by atoms with van der Waals surface area (Å²) >= 11 is 6.13. The topological polar surface area (TPSA) is 64.6 Å².